The van der Waals surface area contributed by atoms with Gasteiger partial charge in [-0.2, -0.15) is 0 Å². The molecule has 0 radical (unpaired) electrons. The Hall–Kier alpha value is -1.39. The van der Waals surface area contributed by atoms with Crippen molar-refractivity contribution >= 4 is 5.91 Å². The van der Waals surface area contributed by atoms with Crippen molar-refractivity contribution in [1.82, 2.24) is 10.2 Å². The molecule has 0 aliphatic carbocycles. The number of nitrogens with zero attached hydrogens (tertiary/aromatic N) is 1. The second-order valence-corrected chi connectivity index (χ2v) is 6.28. The van der Waals surface area contributed by atoms with Crippen LogP contribution in [0.2, 0.25) is 0 Å². The monoisotopic (exact) mass is 275 g/mol. The zero-order valence-electron chi connectivity index (χ0n) is 12.5. The third-order valence-electron chi connectivity index (χ3n) is 4.31. The van der Waals surface area contributed by atoms with E-state index >= 15 is 0 Å². The van der Waals surface area contributed by atoms with E-state index in [9.17, 15) is 4.79 Å². The standard InChI is InChI=1S/C16H25N3O/c1-16(7-9-19(2)10-8-16)12-18-11-13-3-5-14(6-4-13)15(17)20/h3-6,18H,7-12H2,1-2H3,(H2,17,20). The molecule has 0 spiro atoms. The summed E-state index contributed by atoms with van der Waals surface area (Å²) in [6.45, 7) is 6.61. The SMILES string of the molecule is CN1CCC(C)(CNCc2ccc(C(N)=O)cc2)CC1. The summed E-state index contributed by atoms with van der Waals surface area (Å²) in [6.07, 6.45) is 2.49. The fourth-order valence-corrected chi connectivity index (χ4v) is 2.63. The predicted molar refractivity (Wildman–Crippen MR) is 81.5 cm³/mol. The fourth-order valence-electron chi connectivity index (χ4n) is 2.63. The molecule has 1 aliphatic heterocycles. The predicted octanol–water partition coefficient (Wildman–Crippen LogP) is 1.61. The number of amides is 1. The number of hydrogen-bond acceptors (Lipinski definition) is 3. The van der Waals surface area contributed by atoms with E-state index in [-0.39, 0.29) is 5.91 Å². The van der Waals surface area contributed by atoms with Gasteiger partial charge in [-0.25, -0.2) is 0 Å². The van der Waals surface area contributed by atoms with E-state index in [1.165, 1.54) is 31.5 Å². The number of likely N-dealkylation sites (tertiary alicyclic amines) is 1. The van der Waals surface area contributed by atoms with Gasteiger partial charge in [0.05, 0.1) is 0 Å². The van der Waals surface area contributed by atoms with Crippen LogP contribution in [0.1, 0.15) is 35.7 Å². The molecular formula is C16H25N3O. The summed E-state index contributed by atoms with van der Waals surface area (Å²) in [4.78, 5) is 13.4. The molecule has 4 heteroatoms. The second kappa shape index (κ2) is 6.37. The summed E-state index contributed by atoms with van der Waals surface area (Å²) in [5.41, 5.74) is 7.39. The van der Waals surface area contributed by atoms with Crippen molar-refractivity contribution in [2.45, 2.75) is 26.3 Å². The van der Waals surface area contributed by atoms with Crippen molar-refractivity contribution < 1.29 is 4.79 Å². The highest BCUT2D eigenvalue weighted by molar-refractivity contribution is 5.92. The van der Waals surface area contributed by atoms with Crippen LogP contribution in [-0.4, -0.2) is 37.5 Å². The molecule has 0 saturated carbocycles. The van der Waals surface area contributed by atoms with Crippen LogP contribution in [0, 0.1) is 5.41 Å². The number of rotatable bonds is 5. The lowest BCUT2D eigenvalue weighted by atomic mass is 9.80. The summed E-state index contributed by atoms with van der Waals surface area (Å²) < 4.78 is 0. The average Bonchev–Trinajstić information content (AvgIpc) is 2.43. The largest absolute Gasteiger partial charge is 0.366 e. The van der Waals surface area contributed by atoms with Crippen molar-refractivity contribution in [2.75, 3.05) is 26.7 Å². The number of piperidine rings is 1. The Morgan fingerprint density at radius 2 is 1.90 bits per heavy atom. The Bertz CT molecular complexity index is 447. The maximum atomic E-state index is 11.0. The first-order valence-electron chi connectivity index (χ1n) is 7.27. The first kappa shape index (κ1) is 15.0. The van der Waals surface area contributed by atoms with E-state index in [1.807, 2.05) is 12.1 Å². The quantitative estimate of drug-likeness (QED) is 0.858. The maximum Gasteiger partial charge on any atom is 0.248 e. The van der Waals surface area contributed by atoms with Crippen molar-refractivity contribution in [3.63, 3.8) is 0 Å². The highest BCUT2D eigenvalue weighted by Crippen LogP contribution is 2.29. The zero-order valence-corrected chi connectivity index (χ0v) is 12.5. The van der Waals surface area contributed by atoms with Gasteiger partial charge in [0, 0.05) is 18.7 Å². The number of nitrogens with one attached hydrogen (secondary N) is 1. The minimum Gasteiger partial charge on any atom is -0.366 e. The molecule has 1 aromatic rings. The molecule has 1 amide bonds. The Morgan fingerprint density at radius 3 is 2.45 bits per heavy atom. The van der Waals surface area contributed by atoms with Gasteiger partial charge in [-0.3, -0.25) is 4.79 Å². The minimum absolute atomic E-state index is 0.372. The van der Waals surface area contributed by atoms with E-state index in [4.69, 9.17) is 5.73 Å². The van der Waals surface area contributed by atoms with E-state index in [0.717, 1.165) is 13.1 Å². The van der Waals surface area contributed by atoms with E-state index < -0.39 is 0 Å². The van der Waals surface area contributed by atoms with Crippen molar-refractivity contribution in [2.24, 2.45) is 11.1 Å². The van der Waals surface area contributed by atoms with Crippen LogP contribution in [0.4, 0.5) is 0 Å². The van der Waals surface area contributed by atoms with Crippen molar-refractivity contribution in [3.05, 3.63) is 35.4 Å². The van der Waals surface area contributed by atoms with Gasteiger partial charge >= 0.3 is 0 Å². The van der Waals surface area contributed by atoms with Gasteiger partial charge in [-0.1, -0.05) is 19.1 Å². The summed E-state index contributed by atoms with van der Waals surface area (Å²) >= 11 is 0. The van der Waals surface area contributed by atoms with Crippen LogP contribution in [0.25, 0.3) is 0 Å². The molecule has 1 fully saturated rings. The van der Waals surface area contributed by atoms with Crippen LogP contribution < -0.4 is 11.1 Å². The zero-order chi connectivity index (χ0) is 14.6. The van der Waals surface area contributed by atoms with Gasteiger partial charge < -0.3 is 16.0 Å². The summed E-state index contributed by atoms with van der Waals surface area (Å²) in [5.74, 6) is -0.372. The van der Waals surface area contributed by atoms with Crippen LogP contribution in [0.15, 0.2) is 24.3 Å². The number of carbonyl (C=O) groups is 1. The molecule has 4 nitrogen and oxygen atoms in total. The average molecular weight is 275 g/mol. The molecule has 3 N–H and O–H groups in total. The van der Waals surface area contributed by atoms with Crippen LogP contribution in [0.3, 0.4) is 0 Å². The topological polar surface area (TPSA) is 58.4 Å². The normalized spacial score (nSPS) is 18.9. The van der Waals surface area contributed by atoms with Crippen molar-refractivity contribution in [1.29, 1.82) is 0 Å². The molecule has 0 atom stereocenters. The molecule has 0 aromatic heterocycles. The molecule has 110 valence electrons. The van der Waals surface area contributed by atoms with E-state index in [0.29, 0.717) is 11.0 Å². The molecule has 0 bridgehead atoms. The first-order valence-corrected chi connectivity index (χ1v) is 7.27. The summed E-state index contributed by atoms with van der Waals surface area (Å²) in [6, 6.07) is 7.50. The Kier molecular flexibility index (Phi) is 4.78. The minimum atomic E-state index is -0.372. The van der Waals surface area contributed by atoms with E-state index in [2.05, 4.69) is 24.2 Å². The maximum absolute atomic E-state index is 11.0. The van der Waals surface area contributed by atoms with Gasteiger partial charge in [-0.05, 0) is 56.1 Å². The lowest BCUT2D eigenvalue weighted by molar-refractivity contribution is 0.100. The highest BCUT2D eigenvalue weighted by Gasteiger charge is 2.28. The molecule has 20 heavy (non-hydrogen) atoms. The second-order valence-electron chi connectivity index (χ2n) is 6.28. The number of nitrogens with two attached hydrogens (primary N) is 1. The lowest BCUT2D eigenvalue weighted by Crippen LogP contribution is -2.41. The third kappa shape index (κ3) is 4.05. The molecule has 1 aliphatic rings. The molecule has 1 saturated heterocycles. The Labute approximate surface area is 121 Å². The molecule has 1 aromatic carbocycles. The van der Waals surface area contributed by atoms with Gasteiger partial charge in [0.25, 0.3) is 0 Å². The number of benzene rings is 1. The van der Waals surface area contributed by atoms with Gasteiger partial charge in [-0.15, -0.1) is 0 Å². The third-order valence-corrected chi connectivity index (χ3v) is 4.31. The number of primary amides is 1. The molecule has 0 unspecified atom stereocenters. The first-order chi connectivity index (χ1) is 9.48. The molecule has 1 heterocycles. The lowest BCUT2D eigenvalue weighted by Gasteiger charge is -2.38. The fraction of sp³-hybridized carbons (Fsp3) is 0.562. The highest BCUT2D eigenvalue weighted by atomic mass is 16.1. The van der Waals surface area contributed by atoms with Gasteiger partial charge in [0.15, 0.2) is 0 Å². The molecular weight excluding hydrogens is 250 g/mol. The Balaban J connectivity index is 1.79. The van der Waals surface area contributed by atoms with E-state index in [1.54, 1.807) is 12.1 Å². The van der Waals surface area contributed by atoms with Crippen LogP contribution in [-0.2, 0) is 6.54 Å². The van der Waals surface area contributed by atoms with Gasteiger partial charge in [0.1, 0.15) is 0 Å². The van der Waals surface area contributed by atoms with Crippen molar-refractivity contribution in [3.8, 4) is 0 Å². The molecule has 2 rings (SSSR count). The van der Waals surface area contributed by atoms with Gasteiger partial charge in [0.2, 0.25) is 5.91 Å². The summed E-state index contributed by atoms with van der Waals surface area (Å²) in [7, 11) is 2.19. The summed E-state index contributed by atoms with van der Waals surface area (Å²) in [5, 5.41) is 3.54. The Morgan fingerprint density at radius 1 is 1.30 bits per heavy atom. The van der Waals surface area contributed by atoms with Crippen LogP contribution >= 0.6 is 0 Å². The van der Waals surface area contributed by atoms with Crippen LogP contribution in [0.5, 0.6) is 0 Å². The number of hydrogen-bond donors (Lipinski definition) is 2. The number of carbonyl (C=O) groups excluding carboxylic acids is 1. The smallest absolute Gasteiger partial charge is 0.248 e.